The summed E-state index contributed by atoms with van der Waals surface area (Å²) in [5.74, 6) is 0.722. The molecule has 0 aliphatic heterocycles. The Kier molecular flexibility index (Phi) is 692. The van der Waals surface area contributed by atoms with Crippen LogP contribution in [0.15, 0.2) is 0 Å². The number of hydrogen-bond acceptors (Lipinski definition) is 2. The van der Waals surface area contributed by atoms with Gasteiger partial charge in [0.1, 0.15) is 0 Å². The van der Waals surface area contributed by atoms with Gasteiger partial charge in [0.15, 0.2) is 0 Å². The summed E-state index contributed by atoms with van der Waals surface area (Å²) in [6, 6.07) is 0. The molecule has 78 valence electrons. The van der Waals surface area contributed by atoms with E-state index in [0.29, 0.717) is 0 Å². The van der Waals surface area contributed by atoms with E-state index in [2.05, 4.69) is 25.3 Å². The van der Waals surface area contributed by atoms with Gasteiger partial charge in [-0.3, -0.25) is 0 Å². The van der Waals surface area contributed by atoms with Gasteiger partial charge in [-0.15, -0.1) is 11.6 Å². The van der Waals surface area contributed by atoms with Gasteiger partial charge in [0.2, 0.25) is 0 Å². The third kappa shape index (κ3) is 192. The van der Waals surface area contributed by atoms with E-state index in [0.717, 1.165) is 5.88 Å². The summed E-state index contributed by atoms with van der Waals surface area (Å²) in [7, 11) is 0. The quantitative estimate of drug-likeness (QED) is 0.356. The van der Waals surface area contributed by atoms with Crippen molar-refractivity contribution >= 4 is 36.9 Å². The molecule has 0 saturated carbocycles. The molecule has 0 bridgehead atoms. The third-order valence-electron chi connectivity index (χ3n) is 0. The number of rotatable bonds is 0. The van der Waals surface area contributed by atoms with E-state index in [9.17, 15) is 0 Å². The largest absolute Gasteiger partial charge is 0.358 e. The fraction of sp³-hybridized carbons (Fsp3) is 0.571. The molecule has 0 aromatic rings. The van der Waals surface area contributed by atoms with Crippen molar-refractivity contribution < 1.29 is 65.4 Å². The minimum Gasteiger partial charge on any atom is -0.358 e. The van der Waals surface area contributed by atoms with E-state index >= 15 is 0 Å². The number of hydrogen-bond donors (Lipinski definition) is 2. The van der Waals surface area contributed by atoms with Crippen molar-refractivity contribution in [2.45, 2.75) is 6.92 Å². The first kappa shape index (κ1) is 59.1. The zero-order valence-electron chi connectivity index (χ0n) is 9.13. The molecule has 0 aliphatic rings. The minimum absolute atomic E-state index is 0. The molecule has 0 aliphatic carbocycles. The van der Waals surface area contributed by atoms with Gasteiger partial charge in [0.05, 0.1) is 0 Å². The molecule has 0 aromatic heterocycles. The molecule has 0 aromatic carbocycles. The SMILES string of the molecule is CCCl.CS.CS.[CH3-].[CH3-].[CH3-].[Y].[Y]. The van der Waals surface area contributed by atoms with Gasteiger partial charge in [-0.1, -0.05) is 6.92 Å². The van der Waals surface area contributed by atoms with E-state index in [-0.39, 0.29) is 87.7 Å². The molecule has 0 N–H and O–H groups in total. The Balaban J connectivity index is -0.00000000281. The van der Waals surface area contributed by atoms with Crippen LogP contribution in [0.3, 0.4) is 0 Å². The number of thiol groups is 2. The summed E-state index contributed by atoms with van der Waals surface area (Å²) in [4.78, 5) is 0. The number of halogens is 1. The molecular weight excluding hydrogens is 361 g/mol. The summed E-state index contributed by atoms with van der Waals surface area (Å²) >= 11 is 12.1. The van der Waals surface area contributed by atoms with Crippen molar-refractivity contribution in [3.63, 3.8) is 0 Å². The molecule has 2 radical (unpaired) electrons. The summed E-state index contributed by atoms with van der Waals surface area (Å²) in [5.41, 5.74) is 0. The standard InChI is InChI=1S/C2H5Cl.2CH4S.3CH3.2Y/c1-2-3;2*1-2;;;;;/h2H2,1H3;2*2H,1H3;3*1H3;;/q;;;3*-1;;. The second-order valence-corrected chi connectivity index (χ2v) is 0.802. The van der Waals surface area contributed by atoms with Crippen LogP contribution < -0.4 is 0 Å². The third-order valence-corrected chi connectivity index (χ3v) is 0. The zero-order valence-corrected chi connectivity index (χ0v) is 17.4. The van der Waals surface area contributed by atoms with Gasteiger partial charge >= 0.3 is 0 Å². The van der Waals surface area contributed by atoms with Crippen molar-refractivity contribution in [3.8, 4) is 0 Å². The van der Waals surface area contributed by atoms with Crippen LogP contribution in [-0.2, 0) is 65.4 Å². The Labute approximate surface area is 147 Å². The van der Waals surface area contributed by atoms with Gasteiger partial charge in [-0.05, 0) is 12.5 Å². The van der Waals surface area contributed by atoms with Crippen LogP contribution in [0.25, 0.3) is 0 Å². The first-order valence-corrected chi connectivity index (χ1v) is 4.19. The van der Waals surface area contributed by atoms with Crippen LogP contribution in [0.5, 0.6) is 0 Å². The van der Waals surface area contributed by atoms with E-state index in [4.69, 9.17) is 11.6 Å². The zero-order chi connectivity index (χ0) is 6.71. The first-order valence-electron chi connectivity index (χ1n) is 1.87. The summed E-state index contributed by atoms with van der Waals surface area (Å²) in [6.45, 7) is 1.89. The van der Waals surface area contributed by atoms with E-state index in [1.807, 2.05) is 6.92 Å². The van der Waals surface area contributed by atoms with Crippen molar-refractivity contribution in [2.75, 3.05) is 18.4 Å². The second kappa shape index (κ2) is 140. The van der Waals surface area contributed by atoms with Gasteiger partial charge < -0.3 is 22.3 Å². The molecule has 0 fully saturated rings. The molecule has 0 rings (SSSR count). The summed E-state index contributed by atoms with van der Waals surface area (Å²) in [6.07, 6.45) is 3.39. The van der Waals surface area contributed by atoms with Crippen molar-refractivity contribution in [1.29, 1.82) is 0 Å². The molecule has 0 spiro atoms. The molecule has 12 heavy (non-hydrogen) atoms. The average Bonchev–Trinajstić information content (AvgIpc) is 1.78. The maximum absolute atomic E-state index is 5.00. The van der Waals surface area contributed by atoms with Crippen LogP contribution in [0.1, 0.15) is 6.92 Å². The van der Waals surface area contributed by atoms with Crippen molar-refractivity contribution in [2.24, 2.45) is 0 Å². The molecule has 0 nitrogen and oxygen atoms in total. The van der Waals surface area contributed by atoms with Gasteiger partial charge in [-0.25, -0.2) is 0 Å². The molecule has 0 amide bonds. The molecule has 0 unspecified atom stereocenters. The van der Waals surface area contributed by atoms with Crippen LogP contribution in [0.4, 0.5) is 0 Å². The fourth-order valence-electron chi connectivity index (χ4n) is 0. The molecule has 0 heterocycles. The summed E-state index contributed by atoms with van der Waals surface area (Å²) < 4.78 is 0. The van der Waals surface area contributed by atoms with Gasteiger partial charge in [0, 0.05) is 71.3 Å². The average molecular weight is 384 g/mol. The molecule has 0 saturated heterocycles. The Morgan fingerprint density at radius 3 is 0.833 bits per heavy atom. The first-order chi connectivity index (χ1) is 3.41. The predicted molar refractivity (Wildman–Crippen MR) is 65.5 cm³/mol. The fourth-order valence-corrected chi connectivity index (χ4v) is 0. The van der Waals surface area contributed by atoms with E-state index in [1.165, 1.54) is 0 Å². The Morgan fingerprint density at radius 2 is 0.833 bits per heavy atom. The number of alkyl halides is 1. The summed E-state index contributed by atoms with van der Waals surface area (Å²) in [5, 5.41) is 0. The Hall–Kier alpha value is 3.20. The predicted octanol–water partition coefficient (Wildman–Crippen LogP) is 3.68. The van der Waals surface area contributed by atoms with Crippen LogP contribution >= 0.6 is 36.9 Å². The van der Waals surface area contributed by atoms with Crippen molar-refractivity contribution in [3.05, 3.63) is 22.3 Å². The second-order valence-electron chi connectivity index (χ2n) is 0.267. The Morgan fingerprint density at radius 1 is 0.833 bits per heavy atom. The van der Waals surface area contributed by atoms with Crippen LogP contribution in [-0.4, -0.2) is 18.4 Å². The molecular formula is C7H22ClS2Y2-3. The smallest absolute Gasteiger partial charge is 0.0195 e. The van der Waals surface area contributed by atoms with Gasteiger partial charge in [0.25, 0.3) is 0 Å². The Bertz CT molecular complexity index is 19.4. The molecule has 0 atom stereocenters. The topological polar surface area (TPSA) is 0 Å². The van der Waals surface area contributed by atoms with E-state index < -0.39 is 0 Å². The minimum atomic E-state index is 0. The maximum Gasteiger partial charge on any atom is 0.0195 e. The monoisotopic (exact) mass is 383 g/mol. The van der Waals surface area contributed by atoms with Crippen molar-refractivity contribution in [1.82, 2.24) is 0 Å². The molecule has 5 heteroatoms. The van der Waals surface area contributed by atoms with Crippen LogP contribution in [0.2, 0.25) is 0 Å². The maximum atomic E-state index is 5.00. The normalized spacial score (nSPS) is 2.50. The van der Waals surface area contributed by atoms with Gasteiger partial charge in [-0.2, -0.15) is 25.3 Å². The van der Waals surface area contributed by atoms with Crippen LogP contribution in [0, 0.1) is 22.3 Å². The van der Waals surface area contributed by atoms with E-state index in [1.54, 1.807) is 12.5 Å².